The molecule has 5 heteroatoms. The fourth-order valence-corrected chi connectivity index (χ4v) is 3.35. The van der Waals surface area contributed by atoms with Crippen molar-refractivity contribution in [1.82, 2.24) is 9.97 Å². The number of H-pyrrole nitrogens is 1. The van der Waals surface area contributed by atoms with Gasteiger partial charge >= 0.3 is 0 Å². The normalized spacial score (nSPS) is 15.4. The third-order valence-corrected chi connectivity index (χ3v) is 4.78. The van der Waals surface area contributed by atoms with E-state index in [9.17, 15) is 9.90 Å². The van der Waals surface area contributed by atoms with Crippen LogP contribution in [0.3, 0.4) is 0 Å². The van der Waals surface area contributed by atoms with Gasteiger partial charge in [-0.2, -0.15) is 0 Å². The van der Waals surface area contributed by atoms with E-state index in [-0.39, 0.29) is 17.0 Å². The number of anilines is 1. The molecule has 0 saturated carbocycles. The number of nitrogens with one attached hydrogen (secondary N) is 1. The van der Waals surface area contributed by atoms with Gasteiger partial charge in [0.1, 0.15) is 11.5 Å². The van der Waals surface area contributed by atoms with Gasteiger partial charge in [0.15, 0.2) is 0 Å². The van der Waals surface area contributed by atoms with Crippen LogP contribution in [0.2, 0.25) is 0 Å². The highest BCUT2D eigenvalue weighted by atomic mass is 16.3. The maximum absolute atomic E-state index is 12.2. The van der Waals surface area contributed by atoms with Gasteiger partial charge < -0.3 is 15.0 Å². The molecule has 4 rings (SSSR count). The summed E-state index contributed by atoms with van der Waals surface area (Å²) < 4.78 is 0. The molecule has 2 aromatic carbocycles. The van der Waals surface area contributed by atoms with E-state index in [0.29, 0.717) is 16.6 Å². The Morgan fingerprint density at radius 3 is 2.54 bits per heavy atom. The molecule has 132 valence electrons. The van der Waals surface area contributed by atoms with Gasteiger partial charge in [-0.25, -0.2) is 4.98 Å². The Morgan fingerprint density at radius 2 is 1.77 bits per heavy atom. The molecule has 2 N–H and O–H groups in total. The summed E-state index contributed by atoms with van der Waals surface area (Å²) in [7, 11) is 0. The number of fused-ring (bicyclic) bond motifs is 1. The topological polar surface area (TPSA) is 69.2 Å². The van der Waals surface area contributed by atoms with Crippen molar-refractivity contribution in [2.24, 2.45) is 0 Å². The third-order valence-electron chi connectivity index (χ3n) is 4.78. The van der Waals surface area contributed by atoms with E-state index in [1.165, 1.54) is 31.0 Å². The average molecular weight is 347 g/mol. The molecule has 0 amide bonds. The van der Waals surface area contributed by atoms with Crippen molar-refractivity contribution in [3.8, 4) is 0 Å². The predicted octanol–water partition coefficient (Wildman–Crippen LogP) is 3.97. The number of benzene rings is 2. The van der Waals surface area contributed by atoms with E-state index < -0.39 is 0 Å². The Balaban J connectivity index is 1.61. The zero-order valence-corrected chi connectivity index (χ0v) is 14.5. The lowest BCUT2D eigenvalue weighted by Gasteiger charge is -2.28. The first kappa shape index (κ1) is 16.4. The molecular weight excluding hydrogens is 326 g/mol. The molecular formula is C21H21N3O2. The maximum atomic E-state index is 12.2. The van der Waals surface area contributed by atoms with Gasteiger partial charge in [-0.1, -0.05) is 12.1 Å². The highest BCUT2D eigenvalue weighted by Gasteiger charge is 2.11. The number of nitrogens with zero attached hydrogens (tertiary/aromatic N) is 2. The lowest BCUT2D eigenvalue weighted by Crippen LogP contribution is -2.29. The minimum absolute atomic E-state index is 0.0310. The lowest BCUT2D eigenvalue weighted by atomic mass is 10.1. The number of hydrogen-bond acceptors (Lipinski definition) is 4. The first-order chi connectivity index (χ1) is 12.7. The molecule has 0 bridgehead atoms. The van der Waals surface area contributed by atoms with Crippen molar-refractivity contribution >= 4 is 28.6 Å². The highest BCUT2D eigenvalue weighted by Crippen LogP contribution is 2.22. The zero-order chi connectivity index (χ0) is 17.9. The quantitative estimate of drug-likeness (QED) is 0.704. The molecule has 0 radical (unpaired) electrons. The van der Waals surface area contributed by atoms with Gasteiger partial charge in [-0.05, 0) is 55.7 Å². The Hall–Kier alpha value is -3.08. The average Bonchev–Trinajstić information content (AvgIpc) is 2.69. The minimum Gasteiger partial charge on any atom is -0.507 e. The molecule has 1 aliphatic rings. The van der Waals surface area contributed by atoms with Crippen LogP contribution in [-0.4, -0.2) is 28.2 Å². The molecule has 0 unspecified atom stereocenters. The standard InChI is InChI=1S/C21H21N3O2/c25-20(14-19-21(26)23-18-7-3-2-6-17(18)22-19)15-8-10-16(11-9-15)24-12-4-1-5-13-24/h2-3,6-11,14,25H,1,4-5,12-13H2,(H,23,26). The Labute approximate surface area is 151 Å². The predicted molar refractivity (Wildman–Crippen MR) is 105 cm³/mol. The lowest BCUT2D eigenvalue weighted by molar-refractivity contribution is 0.515. The van der Waals surface area contributed by atoms with Crippen LogP contribution in [0.25, 0.3) is 22.9 Å². The number of para-hydroxylation sites is 2. The number of piperidine rings is 1. The number of aliphatic hydroxyl groups is 1. The summed E-state index contributed by atoms with van der Waals surface area (Å²) in [5.41, 5.74) is 3.08. The molecule has 3 aromatic rings. The molecule has 0 spiro atoms. The summed E-state index contributed by atoms with van der Waals surface area (Å²) in [6, 6.07) is 15.1. The summed E-state index contributed by atoms with van der Waals surface area (Å²) >= 11 is 0. The first-order valence-electron chi connectivity index (χ1n) is 8.96. The second-order valence-electron chi connectivity index (χ2n) is 6.59. The van der Waals surface area contributed by atoms with E-state index in [2.05, 4.69) is 14.9 Å². The number of hydrogen-bond donors (Lipinski definition) is 2. The molecule has 5 nitrogen and oxygen atoms in total. The number of aromatic amines is 1. The second-order valence-corrected chi connectivity index (χ2v) is 6.59. The third kappa shape index (κ3) is 3.33. The molecule has 1 saturated heterocycles. The minimum atomic E-state index is -0.319. The van der Waals surface area contributed by atoms with E-state index in [4.69, 9.17) is 0 Å². The summed E-state index contributed by atoms with van der Waals surface area (Å²) in [6.07, 6.45) is 5.17. The van der Waals surface area contributed by atoms with Crippen molar-refractivity contribution in [3.05, 3.63) is 70.1 Å². The molecule has 2 heterocycles. The number of aliphatic hydroxyl groups excluding tert-OH is 1. The molecule has 26 heavy (non-hydrogen) atoms. The highest BCUT2D eigenvalue weighted by molar-refractivity contribution is 5.79. The van der Waals surface area contributed by atoms with E-state index >= 15 is 0 Å². The van der Waals surface area contributed by atoms with Crippen LogP contribution in [-0.2, 0) is 0 Å². The van der Waals surface area contributed by atoms with E-state index in [1.54, 1.807) is 6.07 Å². The largest absolute Gasteiger partial charge is 0.507 e. The second kappa shape index (κ2) is 7.04. The molecule has 1 fully saturated rings. The van der Waals surface area contributed by atoms with Crippen molar-refractivity contribution in [2.75, 3.05) is 18.0 Å². The Morgan fingerprint density at radius 1 is 1.04 bits per heavy atom. The smallest absolute Gasteiger partial charge is 0.274 e. The summed E-state index contributed by atoms with van der Waals surface area (Å²) in [6.45, 7) is 2.16. The molecule has 0 aliphatic carbocycles. The van der Waals surface area contributed by atoms with Gasteiger partial charge in [0.25, 0.3) is 5.56 Å². The van der Waals surface area contributed by atoms with Crippen molar-refractivity contribution in [3.63, 3.8) is 0 Å². The maximum Gasteiger partial charge on any atom is 0.274 e. The molecule has 1 aliphatic heterocycles. The Bertz CT molecular complexity index is 1000. The molecule has 0 atom stereocenters. The summed E-state index contributed by atoms with van der Waals surface area (Å²) in [5.74, 6) is 0.0310. The Kier molecular flexibility index (Phi) is 4.44. The zero-order valence-electron chi connectivity index (χ0n) is 14.5. The summed E-state index contributed by atoms with van der Waals surface area (Å²) in [4.78, 5) is 21.7. The van der Waals surface area contributed by atoms with Crippen molar-refractivity contribution in [2.45, 2.75) is 19.3 Å². The van der Waals surface area contributed by atoms with E-state index in [0.717, 1.165) is 13.1 Å². The van der Waals surface area contributed by atoms with Crippen LogP contribution in [0, 0.1) is 0 Å². The van der Waals surface area contributed by atoms with Gasteiger partial charge in [-0.3, -0.25) is 4.79 Å². The van der Waals surface area contributed by atoms with Crippen LogP contribution in [0.5, 0.6) is 0 Å². The number of aromatic nitrogens is 2. The van der Waals surface area contributed by atoms with Crippen LogP contribution >= 0.6 is 0 Å². The first-order valence-corrected chi connectivity index (χ1v) is 8.96. The fraction of sp³-hybridized carbons (Fsp3) is 0.238. The number of rotatable bonds is 3. The fourth-order valence-electron chi connectivity index (χ4n) is 3.35. The van der Waals surface area contributed by atoms with Crippen LogP contribution < -0.4 is 10.5 Å². The van der Waals surface area contributed by atoms with Crippen LogP contribution in [0.1, 0.15) is 30.5 Å². The van der Waals surface area contributed by atoms with E-state index in [1.807, 2.05) is 42.5 Å². The van der Waals surface area contributed by atoms with Gasteiger partial charge in [0, 0.05) is 30.4 Å². The summed E-state index contributed by atoms with van der Waals surface area (Å²) in [5, 5.41) is 10.4. The van der Waals surface area contributed by atoms with Crippen LogP contribution in [0.15, 0.2) is 53.3 Å². The monoisotopic (exact) mass is 347 g/mol. The van der Waals surface area contributed by atoms with Crippen molar-refractivity contribution < 1.29 is 5.11 Å². The van der Waals surface area contributed by atoms with Crippen LogP contribution in [0.4, 0.5) is 5.69 Å². The van der Waals surface area contributed by atoms with Gasteiger partial charge in [-0.15, -0.1) is 0 Å². The van der Waals surface area contributed by atoms with Gasteiger partial charge in [0.2, 0.25) is 0 Å². The van der Waals surface area contributed by atoms with Crippen molar-refractivity contribution in [1.29, 1.82) is 0 Å². The molecule has 1 aromatic heterocycles. The SMILES string of the molecule is O=c1[nH]c2ccccc2nc1C=C(O)c1ccc(N2CCCCC2)cc1. The van der Waals surface area contributed by atoms with Gasteiger partial charge in [0.05, 0.1) is 11.0 Å².